The van der Waals surface area contributed by atoms with Crippen LogP contribution in [0.3, 0.4) is 0 Å². The van der Waals surface area contributed by atoms with Gasteiger partial charge in [0, 0.05) is 0 Å². The van der Waals surface area contributed by atoms with Crippen molar-refractivity contribution in [2.75, 3.05) is 26.9 Å². The van der Waals surface area contributed by atoms with Gasteiger partial charge in [0.15, 0.2) is 11.5 Å². The van der Waals surface area contributed by atoms with Crippen molar-refractivity contribution in [3.8, 4) is 17.2 Å². The minimum Gasteiger partial charge on any atom is -0.493 e. The Morgan fingerprint density at radius 3 is 2.36 bits per heavy atom. The summed E-state index contributed by atoms with van der Waals surface area (Å²) in [6.07, 6.45) is 0. The van der Waals surface area contributed by atoms with Gasteiger partial charge in [0.25, 0.3) is 0 Å². The molecule has 8 nitrogen and oxygen atoms in total. The predicted octanol–water partition coefficient (Wildman–Crippen LogP) is 2.74. The van der Waals surface area contributed by atoms with E-state index in [1.54, 1.807) is 6.07 Å². The van der Waals surface area contributed by atoms with Gasteiger partial charge >= 0.3 is 5.97 Å². The van der Waals surface area contributed by atoms with Crippen molar-refractivity contribution in [2.45, 2.75) is 11.8 Å². The van der Waals surface area contributed by atoms with Crippen molar-refractivity contribution in [2.24, 2.45) is 5.14 Å². The van der Waals surface area contributed by atoms with E-state index in [-0.39, 0.29) is 18.1 Å². The van der Waals surface area contributed by atoms with Crippen LogP contribution in [0.1, 0.15) is 17.3 Å². The van der Waals surface area contributed by atoms with Gasteiger partial charge in [-0.05, 0) is 59.3 Å². The van der Waals surface area contributed by atoms with Crippen LogP contribution in [-0.2, 0) is 14.8 Å². The van der Waals surface area contributed by atoms with Crippen molar-refractivity contribution < 1.29 is 32.2 Å². The normalized spacial score (nSPS) is 11.0. The van der Waals surface area contributed by atoms with Gasteiger partial charge in [0.2, 0.25) is 10.0 Å². The summed E-state index contributed by atoms with van der Waals surface area (Å²) < 4.78 is 44.3. The molecule has 152 valence electrons. The first-order valence-corrected chi connectivity index (χ1v) is 10.5. The Balaban J connectivity index is 1.91. The maximum Gasteiger partial charge on any atom is 0.338 e. The first-order valence-electron chi connectivity index (χ1n) is 8.19. The summed E-state index contributed by atoms with van der Waals surface area (Å²) in [5.41, 5.74) is 0.296. The van der Waals surface area contributed by atoms with Gasteiger partial charge in [-0.15, -0.1) is 0 Å². The van der Waals surface area contributed by atoms with E-state index in [1.807, 2.05) is 6.92 Å². The number of esters is 1. The molecule has 0 aromatic heterocycles. The monoisotopic (exact) mass is 473 g/mol. The highest BCUT2D eigenvalue weighted by Gasteiger charge is 2.16. The lowest BCUT2D eigenvalue weighted by Gasteiger charge is -2.13. The average Bonchev–Trinajstić information content (AvgIpc) is 2.66. The Hall–Kier alpha value is -2.30. The number of sulfonamides is 1. The summed E-state index contributed by atoms with van der Waals surface area (Å²) >= 11 is 3.35. The second-order valence-corrected chi connectivity index (χ2v) is 7.84. The van der Waals surface area contributed by atoms with Crippen LogP contribution in [0, 0.1) is 0 Å². The second-order valence-electron chi connectivity index (χ2n) is 5.42. The van der Waals surface area contributed by atoms with Crippen LogP contribution in [0.15, 0.2) is 45.8 Å². The molecule has 0 aliphatic heterocycles. The molecule has 0 atom stereocenters. The van der Waals surface area contributed by atoms with Crippen LogP contribution >= 0.6 is 15.9 Å². The van der Waals surface area contributed by atoms with Gasteiger partial charge in [-0.25, -0.2) is 18.4 Å². The van der Waals surface area contributed by atoms with Crippen molar-refractivity contribution in [3.05, 3.63) is 46.4 Å². The lowest BCUT2D eigenvalue weighted by Crippen LogP contribution is -2.13. The third kappa shape index (κ3) is 5.85. The van der Waals surface area contributed by atoms with E-state index >= 15 is 0 Å². The minimum absolute atomic E-state index is 0.00290. The van der Waals surface area contributed by atoms with Crippen LogP contribution in [-0.4, -0.2) is 41.3 Å². The lowest BCUT2D eigenvalue weighted by atomic mass is 10.2. The second kappa shape index (κ2) is 9.76. The van der Waals surface area contributed by atoms with Crippen LogP contribution < -0.4 is 19.3 Å². The Morgan fingerprint density at radius 1 is 1.11 bits per heavy atom. The van der Waals surface area contributed by atoms with Crippen molar-refractivity contribution in [1.82, 2.24) is 0 Å². The van der Waals surface area contributed by atoms with Gasteiger partial charge in [-0.3, -0.25) is 0 Å². The first-order chi connectivity index (χ1) is 13.3. The van der Waals surface area contributed by atoms with E-state index in [9.17, 15) is 13.2 Å². The van der Waals surface area contributed by atoms with Crippen molar-refractivity contribution >= 4 is 31.9 Å². The standard InChI is InChI=1S/C18H20BrNO7S/c1-3-25-17-15(19)10-12(11-16(17)24-2)18(21)27-9-8-26-13-4-6-14(7-5-13)28(20,22)23/h4-7,10-11H,3,8-9H2,1-2H3,(H2,20,22,23). The number of primary sulfonamides is 1. The Labute approximate surface area is 171 Å². The van der Waals surface area contributed by atoms with E-state index < -0.39 is 16.0 Å². The molecule has 0 heterocycles. The molecular formula is C18H20BrNO7S. The largest absolute Gasteiger partial charge is 0.493 e. The maximum absolute atomic E-state index is 12.2. The van der Waals surface area contributed by atoms with Crippen LogP contribution in [0.5, 0.6) is 17.2 Å². The number of nitrogens with two attached hydrogens (primary N) is 1. The highest BCUT2D eigenvalue weighted by Crippen LogP contribution is 2.36. The molecule has 2 N–H and O–H groups in total. The number of hydrogen-bond acceptors (Lipinski definition) is 7. The highest BCUT2D eigenvalue weighted by molar-refractivity contribution is 9.10. The molecule has 0 amide bonds. The molecule has 0 unspecified atom stereocenters. The number of ether oxygens (including phenoxy) is 4. The van der Waals surface area contributed by atoms with Crippen molar-refractivity contribution in [1.29, 1.82) is 0 Å². The molecule has 2 rings (SSSR count). The average molecular weight is 474 g/mol. The third-order valence-corrected chi connectivity index (χ3v) is 5.01. The molecule has 2 aromatic carbocycles. The van der Waals surface area contributed by atoms with E-state index in [4.69, 9.17) is 24.1 Å². The topological polar surface area (TPSA) is 114 Å². The van der Waals surface area contributed by atoms with Gasteiger partial charge in [-0.1, -0.05) is 0 Å². The number of benzene rings is 2. The fraction of sp³-hybridized carbons (Fsp3) is 0.278. The number of hydrogen-bond donors (Lipinski definition) is 1. The number of halogens is 1. The lowest BCUT2D eigenvalue weighted by molar-refractivity contribution is 0.0450. The molecule has 0 saturated carbocycles. The van der Waals surface area contributed by atoms with E-state index in [0.29, 0.717) is 33.9 Å². The molecule has 28 heavy (non-hydrogen) atoms. The summed E-state index contributed by atoms with van der Waals surface area (Å²) in [4.78, 5) is 12.2. The fourth-order valence-corrected chi connectivity index (χ4v) is 3.30. The van der Waals surface area contributed by atoms with Gasteiger partial charge in [0.05, 0.1) is 28.6 Å². The Morgan fingerprint density at radius 2 is 1.79 bits per heavy atom. The maximum atomic E-state index is 12.2. The van der Waals surface area contributed by atoms with Gasteiger partial charge in [-0.2, -0.15) is 0 Å². The zero-order valence-corrected chi connectivity index (χ0v) is 17.7. The number of rotatable bonds is 9. The highest BCUT2D eigenvalue weighted by atomic mass is 79.9. The Kier molecular flexibility index (Phi) is 7.67. The molecule has 0 aliphatic rings. The summed E-state index contributed by atoms with van der Waals surface area (Å²) in [5.74, 6) is 0.798. The fourth-order valence-electron chi connectivity index (χ4n) is 2.22. The Bertz CT molecular complexity index is 930. The van der Waals surface area contributed by atoms with Crippen LogP contribution in [0.25, 0.3) is 0 Å². The number of carbonyl (C=O) groups excluding carboxylic acids is 1. The van der Waals surface area contributed by atoms with E-state index in [0.717, 1.165) is 0 Å². The molecule has 0 bridgehead atoms. The molecule has 0 fully saturated rings. The SMILES string of the molecule is CCOc1c(Br)cc(C(=O)OCCOc2ccc(S(N)(=O)=O)cc2)cc1OC. The van der Waals surface area contributed by atoms with E-state index in [2.05, 4.69) is 15.9 Å². The molecule has 0 spiro atoms. The molecule has 0 radical (unpaired) electrons. The third-order valence-electron chi connectivity index (χ3n) is 3.49. The predicted molar refractivity (Wildman–Crippen MR) is 105 cm³/mol. The summed E-state index contributed by atoms with van der Waals surface area (Å²) in [6.45, 7) is 2.39. The molecule has 0 aliphatic carbocycles. The van der Waals surface area contributed by atoms with Crippen LogP contribution in [0.2, 0.25) is 0 Å². The summed E-state index contributed by atoms with van der Waals surface area (Å²) in [6, 6.07) is 8.72. The van der Waals surface area contributed by atoms with Gasteiger partial charge < -0.3 is 18.9 Å². The summed E-state index contributed by atoms with van der Waals surface area (Å²) in [5, 5.41) is 5.03. The van der Waals surface area contributed by atoms with E-state index in [1.165, 1.54) is 37.4 Å². The molecule has 0 saturated heterocycles. The smallest absolute Gasteiger partial charge is 0.338 e. The zero-order valence-electron chi connectivity index (χ0n) is 15.3. The number of methoxy groups -OCH3 is 1. The molecule has 2 aromatic rings. The molecular weight excluding hydrogens is 454 g/mol. The minimum atomic E-state index is -3.75. The number of carbonyl (C=O) groups is 1. The zero-order chi connectivity index (χ0) is 20.7. The summed E-state index contributed by atoms with van der Waals surface area (Å²) in [7, 11) is -2.27. The van der Waals surface area contributed by atoms with Crippen molar-refractivity contribution in [3.63, 3.8) is 0 Å². The van der Waals surface area contributed by atoms with Gasteiger partial charge in [0.1, 0.15) is 19.0 Å². The first kappa shape index (κ1) is 22.0. The molecule has 10 heteroatoms. The quantitative estimate of drug-likeness (QED) is 0.439. The van der Waals surface area contributed by atoms with Crippen LogP contribution in [0.4, 0.5) is 0 Å².